The maximum atomic E-state index is 12.3. The smallest absolute Gasteiger partial charge is 0.292 e. The van der Waals surface area contributed by atoms with Crippen LogP contribution in [0.1, 0.15) is 43.0 Å². The van der Waals surface area contributed by atoms with Crippen LogP contribution < -0.4 is 10.2 Å². The molecule has 2 heterocycles. The van der Waals surface area contributed by atoms with Gasteiger partial charge in [-0.25, -0.2) is 0 Å². The first-order valence-corrected chi connectivity index (χ1v) is 8.90. The van der Waals surface area contributed by atoms with Crippen molar-refractivity contribution in [3.8, 4) is 0 Å². The van der Waals surface area contributed by atoms with E-state index < -0.39 is 11.7 Å². The van der Waals surface area contributed by atoms with E-state index in [1.807, 2.05) is 24.3 Å². The van der Waals surface area contributed by atoms with E-state index in [0.29, 0.717) is 18.2 Å². The summed E-state index contributed by atoms with van der Waals surface area (Å²) in [6.07, 6.45) is 6.45. The lowest BCUT2D eigenvalue weighted by Gasteiger charge is -2.30. The topological polar surface area (TPSA) is 66.4 Å². The minimum absolute atomic E-state index is 0.443. The van der Waals surface area contributed by atoms with E-state index in [4.69, 9.17) is 0 Å². The van der Waals surface area contributed by atoms with Crippen LogP contribution in [0.3, 0.4) is 0 Å². The average Bonchev–Trinajstić information content (AvgIpc) is 3.03. The predicted molar refractivity (Wildman–Crippen MR) is 94.3 cm³/mol. The summed E-state index contributed by atoms with van der Waals surface area (Å²) in [6, 6.07) is 8.23. The lowest BCUT2D eigenvalue weighted by molar-refractivity contribution is -0.928. The molecule has 0 aliphatic carbocycles. The Bertz CT molecular complexity index is 722. The molecule has 0 radical (unpaired) electrons. The Hall–Kier alpha value is -2.14. The van der Waals surface area contributed by atoms with Gasteiger partial charge in [-0.2, -0.15) is 0 Å². The van der Waals surface area contributed by atoms with Crippen LogP contribution in [0.5, 0.6) is 0 Å². The molecule has 24 heavy (non-hydrogen) atoms. The largest absolute Gasteiger partial charge is 0.360 e. The molecule has 0 saturated carbocycles. The molecular weight excluding hydrogens is 302 g/mol. The fourth-order valence-corrected chi connectivity index (χ4v) is 3.60. The Balaban J connectivity index is 1.49. The Morgan fingerprint density at radius 1 is 1.29 bits per heavy atom. The maximum Gasteiger partial charge on any atom is 0.292 e. The zero-order valence-electron chi connectivity index (χ0n) is 14.2. The summed E-state index contributed by atoms with van der Waals surface area (Å²) in [5.74, 6) is -0.979. The van der Waals surface area contributed by atoms with Gasteiger partial charge in [0.15, 0.2) is 0 Å². The molecule has 1 unspecified atom stereocenters. The van der Waals surface area contributed by atoms with E-state index in [9.17, 15) is 9.59 Å². The summed E-state index contributed by atoms with van der Waals surface area (Å²) in [5, 5.41) is 3.57. The predicted octanol–water partition coefficient (Wildman–Crippen LogP) is 1.31. The second-order valence-electron chi connectivity index (χ2n) is 6.74. The van der Waals surface area contributed by atoms with Gasteiger partial charge < -0.3 is 15.2 Å². The monoisotopic (exact) mass is 328 g/mol. The second kappa shape index (κ2) is 7.62. The molecule has 1 aliphatic heterocycles. The molecule has 5 heteroatoms. The molecule has 1 fully saturated rings. The Morgan fingerprint density at radius 3 is 2.96 bits per heavy atom. The fraction of sp³-hybridized carbons (Fsp3) is 0.474. The number of piperidine rings is 1. The average molecular weight is 328 g/mol. The highest BCUT2D eigenvalue weighted by molar-refractivity contribution is 6.44. The zero-order chi connectivity index (χ0) is 16.9. The first kappa shape index (κ1) is 16.7. The van der Waals surface area contributed by atoms with Crippen LogP contribution in [0, 0.1) is 0 Å². The van der Waals surface area contributed by atoms with Crippen molar-refractivity contribution in [2.75, 3.05) is 19.6 Å². The van der Waals surface area contributed by atoms with Gasteiger partial charge in [0.1, 0.15) is 0 Å². The van der Waals surface area contributed by atoms with E-state index in [1.165, 1.54) is 25.8 Å². The molecule has 128 valence electrons. The number of quaternary nitrogens is 1. The quantitative estimate of drug-likeness (QED) is 0.425. The summed E-state index contributed by atoms with van der Waals surface area (Å²) in [4.78, 5) is 29.1. The number of benzene rings is 1. The number of aromatic amines is 1. The first-order valence-electron chi connectivity index (χ1n) is 8.90. The van der Waals surface area contributed by atoms with Crippen LogP contribution in [0.4, 0.5) is 0 Å². The summed E-state index contributed by atoms with van der Waals surface area (Å²) < 4.78 is 0. The molecule has 2 aromatic rings. The first-order chi connectivity index (χ1) is 11.7. The van der Waals surface area contributed by atoms with Gasteiger partial charge >= 0.3 is 0 Å². The van der Waals surface area contributed by atoms with E-state index in [0.717, 1.165) is 23.9 Å². The highest BCUT2D eigenvalue weighted by atomic mass is 16.2. The minimum atomic E-state index is -0.513. The van der Waals surface area contributed by atoms with Gasteiger partial charge in [0.05, 0.1) is 24.7 Å². The molecule has 0 spiro atoms. The number of amides is 1. The standard InChI is InChI=1S/C19H25N3O2/c1-14-7-4-5-11-22(14)12-6-10-20-19(24)18(23)16-13-21-17-9-3-2-8-15(16)17/h2-3,8-9,13-14,21H,4-7,10-12H2,1H3,(H,20,24)/p+1/t14-/m0/s1. The van der Waals surface area contributed by atoms with Gasteiger partial charge in [0, 0.05) is 30.1 Å². The van der Waals surface area contributed by atoms with Gasteiger partial charge in [-0.1, -0.05) is 18.2 Å². The number of rotatable bonds is 6. The SMILES string of the molecule is C[C@H]1CCCC[NH+]1CCCNC(=O)C(=O)c1c[nH]c2ccccc12. The van der Waals surface area contributed by atoms with Gasteiger partial charge in [-0.05, 0) is 32.3 Å². The van der Waals surface area contributed by atoms with Crippen LogP contribution >= 0.6 is 0 Å². The molecule has 1 aromatic carbocycles. The third-order valence-corrected chi connectivity index (χ3v) is 5.08. The molecule has 1 aromatic heterocycles. The van der Waals surface area contributed by atoms with E-state index in [2.05, 4.69) is 17.2 Å². The van der Waals surface area contributed by atoms with Crippen molar-refractivity contribution >= 4 is 22.6 Å². The number of hydrogen-bond donors (Lipinski definition) is 3. The normalized spacial score (nSPS) is 20.9. The highest BCUT2D eigenvalue weighted by Gasteiger charge is 2.22. The molecule has 0 bridgehead atoms. The Morgan fingerprint density at radius 2 is 2.12 bits per heavy atom. The van der Waals surface area contributed by atoms with Crippen molar-refractivity contribution in [2.45, 2.75) is 38.6 Å². The number of carbonyl (C=O) groups excluding carboxylic acids is 2. The number of nitrogens with one attached hydrogen (secondary N) is 3. The number of fused-ring (bicyclic) bond motifs is 1. The number of ketones is 1. The molecule has 1 aliphatic rings. The molecule has 1 saturated heterocycles. The van der Waals surface area contributed by atoms with Gasteiger partial charge in [0.25, 0.3) is 11.7 Å². The van der Waals surface area contributed by atoms with Crippen molar-refractivity contribution in [2.24, 2.45) is 0 Å². The zero-order valence-corrected chi connectivity index (χ0v) is 14.2. The molecule has 5 nitrogen and oxygen atoms in total. The van der Waals surface area contributed by atoms with E-state index >= 15 is 0 Å². The van der Waals surface area contributed by atoms with Crippen molar-refractivity contribution in [1.29, 1.82) is 0 Å². The maximum absolute atomic E-state index is 12.3. The molecule has 3 rings (SSSR count). The number of likely N-dealkylation sites (tertiary alicyclic amines) is 1. The number of Topliss-reactive ketones (excluding diaryl/α,β-unsaturated/α-hetero) is 1. The van der Waals surface area contributed by atoms with Gasteiger partial charge in [0.2, 0.25) is 0 Å². The van der Waals surface area contributed by atoms with Gasteiger partial charge in [-0.15, -0.1) is 0 Å². The van der Waals surface area contributed by atoms with Crippen molar-refractivity contribution in [3.05, 3.63) is 36.0 Å². The van der Waals surface area contributed by atoms with Crippen molar-refractivity contribution in [1.82, 2.24) is 10.3 Å². The van der Waals surface area contributed by atoms with Crippen LogP contribution in [0.25, 0.3) is 10.9 Å². The summed E-state index contributed by atoms with van der Waals surface area (Å²) >= 11 is 0. The number of aromatic nitrogens is 1. The molecular formula is C19H26N3O2+. The van der Waals surface area contributed by atoms with Crippen LogP contribution in [0.2, 0.25) is 0 Å². The molecule has 2 atom stereocenters. The van der Waals surface area contributed by atoms with E-state index in [1.54, 1.807) is 11.1 Å². The van der Waals surface area contributed by atoms with Crippen LogP contribution in [0.15, 0.2) is 30.5 Å². The highest BCUT2D eigenvalue weighted by Crippen LogP contribution is 2.18. The van der Waals surface area contributed by atoms with Gasteiger partial charge in [-0.3, -0.25) is 9.59 Å². The number of hydrogen-bond acceptors (Lipinski definition) is 2. The minimum Gasteiger partial charge on any atom is -0.360 e. The van der Waals surface area contributed by atoms with Crippen LogP contribution in [-0.2, 0) is 4.79 Å². The van der Waals surface area contributed by atoms with Crippen molar-refractivity contribution in [3.63, 3.8) is 0 Å². The van der Waals surface area contributed by atoms with Crippen LogP contribution in [-0.4, -0.2) is 42.4 Å². The summed E-state index contributed by atoms with van der Waals surface area (Å²) in [5.41, 5.74) is 1.31. The van der Waals surface area contributed by atoms with E-state index in [-0.39, 0.29) is 0 Å². The number of para-hydroxylation sites is 1. The summed E-state index contributed by atoms with van der Waals surface area (Å²) in [6.45, 7) is 5.14. The lowest BCUT2D eigenvalue weighted by atomic mass is 10.0. The Labute approximate surface area is 142 Å². The van der Waals surface area contributed by atoms with Crippen molar-refractivity contribution < 1.29 is 14.5 Å². The Kier molecular flexibility index (Phi) is 5.30. The number of carbonyl (C=O) groups is 2. The molecule has 1 amide bonds. The molecule has 3 N–H and O–H groups in total. The fourth-order valence-electron chi connectivity index (χ4n) is 3.60. The lowest BCUT2D eigenvalue weighted by Crippen LogP contribution is -3.16. The third kappa shape index (κ3) is 3.67. The summed E-state index contributed by atoms with van der Waals surface area (Å²) in [7, 11) is 0. The number of H-pyrrole nitrogens is 1. The second-order valence-corrected chi connectivity index (χ2v) is 6.74. The third-order valence-electron chi connectivity index (χ3n) is 5.08.